The SMILES string of the molecule is CC(C)CCC(C)N1CCCNC2(CCCCC2)C1. The fraction of sp³-hybridized carbons (Fsp3) is 1.00. The summed E-state index contributed by atoms with van der Waals surface area (Å²) in [6.07, 6.45) is 11.2. The quantitative estimate of drug-likeness (QED) is 0.832. The van der Waals surface area contributed by atoms with Crippen LogP contribution in [0.5, 0.6) is 0 Å². The minimum Gasteiger partial charge on any atom is -0.310 e. The molecule has 2 nitrogen and oxygen atoms in total. The highest BCUT2D eigenvalue weighted by molar-refractivity contribution is 4.96. The van der Waals surface area contributed by atoms with Crippen LogP contribution in [0.4, 0.5) is 0 Å². The zero-order valence-corrected chi connectivity index (χ0v) is 13.4. The van der Waals surface area contributed by atoms with E-state index in [-0.39, 0.29) is 0 Å². The third-order valence-electron chi connectivity index (χ3n) is 5.22. The highest BCUT2D eigenvalue weighted by atomic mass is 15.2. The van der Waals surface area contributed by atoms with Crippen molar-refractivity contribution in [2.24, 2.45) is 5.92 Å². The summed E-state index contributed by atoms with van der Waals surface area (Å²) < 4.78 is 0. The van der Waals surface area contributed by atoms with E-state index in [0.29, 0.717) is 5.54 Å². The summed E-state index contributed by atoms with van der Waals surface area (Å²) in [7, 11) is 0. The zero-order valence-electron chi connectivity index (χ0n) is 13.4. The Morgan fingerprint density at radius 3 is 2.42 bits per heavy atom. The predicted octanol–water partition coefficient (Wildman–Crippen LogP) is 3.81. The molecule has 0 aromatic heterocycles. The van der Waals surface area contributed by atoms with Crippen LogP contribution < -0.4 is 5.32 Å². The van der Waals surface area contributed by atoms with Gasteiger partial charge in [-0.1, -0.05) is 33.1 Å². The van der Waals surface area contributed by atoms with Crippen LogP contribution in [-0.4, -0.2) is 36.1 Å². The van der Waals surface area contributed by atoms with Gasteiger partial charge >= 0.3 is 0 Å². The van der Waals surface area contributed by atoms with Gasteiger partial charge in [0.25, 0.3) is 0 Å². The molecule has 2 aliphatic rings. The molecule has 1 N–H and O–H groups in total. The maximum absolute atomic E-state index is 3.91. The van der Waals surface area contributed by atoms with Gasteiger partial charge in [0, 0.05) is 18.1 Å². The van der Waals surface area contributed by atoms with Crippen molar-refractivity contribution in [1.82, 2.24) is 10.2 Å². The molecule has 19 heavy (non-hydrogen) atoms. The molecule has 1 atom stereocenters. The van der Waals surface area contributed by atoms with Gasteiger partial charge < -0.3 is 5.32 Å². The van der Waals surface area contributed by atoms with Gasteiger partial charge in [0.1, 0.15) is 0 Å². The van der Waals surface area contributed by atoms with E-state index >= 15 is 0 Å². The molecular formula is C17H34N2. The van der Waals surface area contributed by atoms with Crippen molar-refractivity contribution in [1.29, 1.82) is 0 Å². The van der Waals surface area contributed by atoms with Crippen molar-refractivity contribution in [2.45, 2.75) is 83.7 Å². The van der Waals surface area contributed by atoms with Crippen molar-refractivity contribution in [3.63, 3.8) is 0 Å². The van der Waals surface area contributed by atoms with Gasteiger partial charge in [-0.25, -0.2) is 0 Å². The Balaban J connectivity index is 1.91. The third kappa shape index (κ3) is 4.46. The van der Waals surface area contributed by atoms with Gasteiger partial charge in [-0.15, -0.1) is 0 Å². The van der Waals surface area contributed by atoms with Gasteiger partial charge in [-0.2, -0.15) is 0 Å². The third-order valence-corrected chi connectivity index (χ3v) is 5.22. The summed E-state index contributed by atoms with van der Waals surface area (Å²) in [5.41, 5.74) is 0.459. The van der Waals surface area contributed by atoms with E-state index in [1.807, 2.05) is 0 Å². The van der Waals surface area contributed by atoms with Crippen molar-refractivity contribution in [2.75, 3.05) is 19.6 Å². The monoisotopic (exact) mass is 266 g/mol. The maximum atomic E-state index is 3.91. The maximum Gasteiger partial charge on any atom is 0.0308 e. The highest BCUT2D eigenvalue weighted by Crippen LogP contribution is 2.31. The molecule has 2 heteroatoms. The lowest BCUT2D eigenvalue weighted by molar-refractivity contribution is 0.127. The molecule has 112 valence electrons. The number of hydrogen-bond acceptors (Lipinski definition) is 2. The average Bonchev–Trinajstić information content (AvgIpc) is 2.60. The smallest absolute Gasteiger partial charge is 0.0308 e. The van der Waals surface area contributed by atoms with E-state index in [2.05, 4.69) is 31.0 Å². The van der Waals surface area contributed by atoms with Crippen LogP contribution in [0.3, 0.4) is 0 Å². The van der Waals surface area contributed by atoms with Crippen LogP contribution in [0.1, 0.15) is 72.1 Å². The number of rotatable bonds is 4. The Hall–Kier alpha value is -0.0800. The lowest BCUT2D eigenvalue weighted by atomic mass is 9.81. The fourth-order valence-electron chi connectivity index (χ4n) is 3.86. The van der Waals surface area contributed by atoms with Gasteiger partial charge in [0.2, 0.25) is 0 Å². The van der Waals surface area contributed by atoms with Gasteiger partial charge in [-0.05, 0) is 58.0 Å². The van der Waals surface area contributed by atoms with Crippen molar-refractivity contribution in [3.05, 3.63) is 0 Å². The summed E-state index contributed by atoms with van der Waals surface area (Å²) in [4.78, 5) is 2.79. The molecule has 0 aromatic rings. The molecule has 1 saturated heterocycles. The second kappa shape index (κ2) is 7.08. The Morgan fingerprint density at radius 1 is 1.00 bits per heavy atom. The first-order chi connectivity index (χ1) is 9.11. The second-order valence-electron chi connectivity index (χ2n) is 7.41. The summed E-state index contributed by atoms with van der Waals surface area (Å²) in [6.45, 7) is 11.0. The summed E-state index contributed by atoms with van der Waals surface area (Å²) >= 11 is 0. The molecule has 0 amide bonds. The fourth-order valence-corrected chi connectivity index (χ4v) is 3.86. The van der Waals surface area contributed by atoms with E-state index in [4.69, 9.17) is 0 Å². The first kappa shape index (κ1) is 15.3. The minimum atomic E-state index is 0.459. The average molecular weight is 266 g/mol. The zero-order chi connectivity index (χ0) is 13.7. The van der Waals surface area contributed by atoms with E-state index in [9.17, 15) is 0 Å². The molecule has 1 saturated carbocycles. The van der Waals surface area contributed by atoms with Crippen LogP contribution in [0.15, 0.2) is 0 Å². The summed E-state index contributed by atoms with van der Waals surface area (Å²) in [6, 6.07) is 0.765. The first-order valence-corrected chi connectivity index (χ1v) is 8.60. The predicted molar refractivity (Wildman–Crippen MR) is 83.5 cm³/mol. The Morgan fingerprint density at radius 2 is 1.74 bits per heavy atom. The lowest BCUT2D eigenvalue weighted by Gasteiger charge is -2.41. The van der Waals surface area contributed by atoms with Crippen molar-refractivity contribution in [3.8, 4) is 0 Å². The highest BCUT2D eigenvalue weighted by Gasteiger charge is 2.35. The molecule has 1 unspecified atom stereocenters. The molecule has 1 aliphatic heterocycles. The van der Waals surface area contributed by atoms with Crippen LogP contribution in [0.2, 0.25) is 0 Å². The standard InChI is InChI=1S/C17H34N2/c1-15(2)8-9-16(3)19-13-7-12-18-17(14-19)10-5-4-6-11-17/h15-16,18H,4-14H2,1-3H3. The Bertz CT molecular complexity index is 256. The molecule has 1 heterocycles. The van der Waals surface area contributed by atoms with Gasteiger partial charge in [0.15, 0.2) is 0 Å². The van der Waals surface area contributed by atoms with E-state index in [0.717, 1.165) is 12.0 Å². The molecule has 2 fully saturated rings. The largest absolute Gasteiger partial charge is 0.310 e. The Kier molecular flexibility index (Phi) is 5.70. The van der Waals surface area contributed by atoms with E-state index in [1.54, 1.807) is 0 Å². The molecule has 1 aliphatic carbocycles. The molecule has 0 radical (unpaired) electrons. The second-order valence-corrected chi connectivity index (χ2v) is 7.41. The van der Waals surface area contributed by atoms with Crippen LogP contribution in [0.25, 0.3) is 0 Å². The topological polar surface area (TPSA) is 15.3 Å². The number of nitrogens with one attached hydrogen (secondary N) is 1. The minimum absolute atomic E-state index is 0.459. The van der Waals surface area contributed by atoms with Gasteiger partial charge in [-0.3, -0.25) is 4.90 Å². The molecule has 2 rings (SSSR count). The summed E-state index contributed by atoms with van der Waals surface area (Å²) in [5, 5.41) is 3.91. The lowest BCUT2D eigenvalue weighted by Crippen LogP contribution is -2.54. The number of nitrogens with zero attached hydrogens (tertiary/aromatic N) is 1. The molecule has 1 spiro atoms. The van der Waals surface area contributed by atoms with E-state index in [1.165, 1.54) is 71.0 Å². The molecule has 0 bridgehead atoms. The van der Waals surface area contributed by atoms with Crippen LogP contribution in [-0.2, 0) is 0 Å². The molecular weight excluding hydrogens is 232 g/mol. The van der Waals surface area contributed by atoms with Crippen molar-refractivity contribution >= 4 is 0 Å². The van der Waals surface area contributed by atoms with Crippen molar-refractivity contribution < 1.29 is 0 Å². The Labute approximate surface area is 120 Å². The van der Waals surface area contributed by atoms with Crippen LogP contribution in [0, 0.1) is 5.92 Å². The van der Waals surface area contributed by atoms with Gasteiger partial charge in [0.05, 0.1) is 0 Å². The first-order valence-electron chi connectivity index (χ1n) is 8.60. The van der Waals surface area contributed by atoms with Crippen LogP contribution >= 0.6 is 0 Å². The molecule has 0 aromatic carbocycles. The summed E-state index contributed by atoms with van der Waals surface area (Å²) in [5.74, 6) is 0.844. The normalized spacial score (nSPS) is 26.5. The van der Waals surface area contributed by atoms with E-state index < -0.39 is 0 Å². The number of hydrogen-bond donors (Lipinski definition) is 1.